The van der Waals surface area contributed by atoms with E-state index in [1.807, 2.05) is 18.2 Å². The minimum atomic E-state index is -1.02. The third-order valence-electron chi connectivity index (χ3n) is 4.16. The van der Waals surface area contributed by atoms with Gasteiger partial charge in [0.25, 0.3) is 5.91 Å². The first-order valence-corrected chi connectivity index (χ1v) is 6.64. The number of anilines is 2. The van der Waals surface area contributed by atoms with Crippen molar-refractivity contribution in [3.05, 3.63) is 23.8 Å². The van der Waals surface area contributed by atoms with Crippen LogP contribution in [0.3, 0.4) is 0 Å². The number of amides is 1. The first-order chi connectivity index (χ1) is 9.06. The van der Waals surface area contributed by atoms with Gasteiger partial charge in [-0.05, 0) is 26.1 Å². The number of nitrogens with one attached hydrogen (secondary N) is 1. The molecule has 2 N–H and O–H groups in total. The van der Waals surface area contributed by atoms with Crippen LogP contribution in [0.1, 0.15) is 18.6 Å². The number of aliphatic hydroxyl groups excluding tert-OH is 1. The van der Waals surface area contributed by atoms with Gasteiger partial charge < -0.3 is 20.2 Å². The monoisotopic (exact) mass is 261 g/mol. The summed E-state index contributed by atoms with van der Waals surface area (Å²) in [7, 11) is 2.14. The molecular weight excluding hydrogens is 242 g/mol. The fourth-order valence-electron chi connectivity index (χ4n) is 2.71. The summed E-state index contributed by atoms with van der Waals surface area (Å²) in [6, 6.07) is 6.31. The van der Waals surface area contributed by atoms with Crippen LogP contribution in [0.15, 0.2) is 18.2 Å². The van der Waals surface area contributed by atoms with Gasteiger partial charge in [0.05, 0.1) is 0 Å². The van der Waals surface area contributed by atoms with Crippen molar-refractivity contribution in [3.63, 3.8) is 0 Å². The van der Waals surface area contributed by atoms with E-state index in [0.29, 0.717) is 11.6 Å². The smallest absolute Gasteiger partial charge is 0.257 e. The van der Waals surface area contributed by atoms with Crippen molar-refractivity contribution in [2.75, 3.05) is 36.9 Å². The van der Waals surface area contributed by atoms with Crippen LogP contribution in [0.4, 0.5) is 11.4 Å². The molecule has 1 amide bonds. The molecule has 3 rings (SSSR count). The highest BCUT2D eigenvalue weighted by molar-refractivity contribution is 6.02. The van der Waals surface area contributed by atoms with E-state index in [2.05, 4.69) is 29.1 Å². The molecule has 2 atom stereocenters. The summed E-state index contributed by atoms with van der Waals surface area (Å²) in [5.74, 6) is -0.334. The number of carbonyl (C=O) groups is 1. The normalized spacial score (nSPS) is 27.3. The quantitative estimate of drug-likeness (QED) is 0.785. The lowest BCUT2D eigenvalue weighted by atomic mass is 10.1. The maximum absolute atomic E-state index is 11.4. The Labute approximate surface area is 112 Å². The first-order valence-electron chi connectivity index (χ1n) is 6.64. The third kappa shape index (κ3) is 2.09. The molecule has 0 aromatic heterocycles. The highest BCUT2D eigenvalue weighted by Gasteiger charge is 2.29. The highest BCUT2D eigenvalue weighted by Crippen LogP contribution is 2.34. The van der Waals surface area contributed by atoms with Crippen molar-refractivity contribution in [2.24, 2.45) is 0 Å². The Morgan fingerprint density at radius 3 is 2.89 bits per heavy atom. The maximum Gasteiger partial charge on any atom is 0.257 e. The van der Waals surface area contributed by atoms with Crippen molar-refractivity contribution >= 4 is 17.3 Å². The van der Waals surface area contributed by atoms with Crippen molar-refractivity contribution in [2.45, 2.75) is 19.1 Å². The number of carbonyl (C=O) groups excluding carboxylic acids is 1. The average Bonchev–Trinajstić information content (AvgIpc) is 2.68. The van der Waals surface area contributed by atoms with Crippen LogP contribution < -0.4 is 10.2 Å². The molecule has 1 aromatic rings. The largest absolute Gasteiger partial charge is 0.378 e. The Hall–Kier alpha value is -1.59. The summed E-state index contributed by atoms with van der Waals surface area (Å²) < 4.78 is 0. The number of benzene rings is 1. The Balaban J connectivity index is 1.84. The van der Waals surface area contributed by atoms with E-state index in [9.17, 15) is 9.90 Å². The van der Waals surface area contributed by atoms with Crippen LogP contribution in [0, 0.1) is 0 Å². The van der Waals surface area contributed by atoms with Crippen LogP contribution in [0.5, 0.6) is 0 Å². The van der Waals surface area contributed by atoms with E-state index in [1.54, 1.807) is 0 Å². The number of aliphatic hydroxyl groups is 1. The predicted octanol–water partition coefficient (Wildman–Crippen LogP) is 0.812. The molecule has 0 bridgehead atoms. The maximum atomic E-state index is 11.4. The van der Waals surface area contributed by atoms with Crippen molar-refractivity contribution in [1.82, 2.24) is 4.90 Å². The number of hydrogen-bond acceptors (Lipinski definition) is 4. The van der Waals surface area contributed by atoms with Crippen LogP contribution >= 0.6 is 0 Å². The predicted molar refractivity (Wildman–Crippen MR) is 74.3 cm³/mol. The van der Waals surface area contributed by atoms with E-state index < -0.39 is 6.10 Å². The number of likely N-dealkylation sites (N-methyl/N-ethyl adjacent to an activating group) is 1. The first kappa shape index (κ1) is 12.4. The minimum Gasteiger partial charge on any atom is -0.378 e. The Morgan fingerprint density at radius 1 is 1.37 bits per heavy atom. The Morgan fingerprint density at radius 2 is 2.16 bits per heavy atom. The fourth-order valence-corrected chi connectivity index (χ4v) is 2.71. The van der Waals surface area contributed by atoms with Gasteiger partial charge in [-0.1, -0.05) is 6.07 Å². The third-order valence-corrected chi connectivity index (χ3v) is 4.16. The SMILES string of the molecule is CC1CN(c2ccc3c(c2)NC(=O)C3O)CCN1C. The zero-order valence-electron chi connectivity index (χ0n) is 11.3. The fraction of sp³-hybridized carbons (Fsp3) is 0.500. The number of rotatable bonds is 1. The minimum absolute atomic E-state index is 0.334. The molecule has 2 heterocycles. The molecule has 2 unspecified atom stereocenters. The summed E-state index contributed by atoms with van der Waals surface area (Å²) in [6.45, 7) is 5.21. The van der Waals surface area contributed by atoms with Gasteiger partial charge in [0.2, 0.25) is 0 Å². The molecule has 102 valence electrons. The zero-order valence-corrected chi connectivity index (χ0v) is 11.3. The molecule has 0 spiro atoms. The molecule has 5 nitrogen and oxygen atoms in total. The zero-order chi connectivity index (χ0) is 13.6. The Bertz CT molecular complexity index is 517. The van der Waals surface area contributed by atoms with Gasteiger partial charge in [0.1, 0.15) is 0 Å². The summed E-state index contributed by atoms with van der Waals surface area (Å²) in [6.07, 6.45) is -1.02. The van der Waals surface area contributed by atoms with Gasteiger partial charge in [0, 0.05) is 42.6 Å². The van der Waals surface area contributed by atoms with Crippen molar-refractivity contribution < 1.29 is 9.90 Å². The van der Waals surface area contributed by atoms with E-state index in [0.717, 1.165) is 31.0 Å². The van der Waals surface area contributed by atoms with Gasteiger partial charge in [0.15, 0.2) is 6.10 Å². The van der Waals surface area contributed by atoms with Crippen molar-refractivity contribution in [3.8, 4) is 0 Å². The lowest BCUT2D eigenvalue weighted by Gasteiger charge is -2.39. The molecule has 0 aliphatic carbocycles. The summed E-state index contributed by atoms with van der Waals surface area (Å²) in [5, 5.41) is 12.4. The topological polar surface area (TPSA) is 55.8 Å². The lowest BCUT2D eigenvalue weighted by Crippen LogP contribution is -2.50. The standard InChI is InChI=1S/C14H19N3O2/c1-9-8-17(6-5-16(9)2)10-3-4-11-12(7-10)15-14(19)13(11)18/h3-4,7,9,13,18H,5-6,8H2,1-2H3,(H,15,19). The molecule has 1 saturated heterocycles. The van der Waals surface area contributed by atoms with Gasteiger partial charge >= 0.3 is 0 Å². The number of piperazine rings is 1. The van der Waals surface area contributed by atoms with E-state index >= 15 is 0 Å². The van der Waals surface area contributed by atoms with Crippen LogP contribution in [0.2, 0.25) is 0 Å². The Kier molecular flexibility index (Phi) is 2.95. The summed E-state index contributed by atoms with van der Waals surface area (Å²) >= 11 is 0. The second-order valence-electron chi connectivity index (χ2n) is 5.44. The molecule has 2 aliphatic heterocycles. The average molecular weight is 261 g/mol. The van der Waals surface area contributed by atoms with Crippen LogP contribution in [0.25, 0.3) is 0 Å². The van der Waals surface area contributed by atoms with E-state index in [-0.39, 0.29) is 5.91 Å². The second-order valence-corrected chi connectivity index (χ2v) is 5.44. The van der Waals surface area contributed by atoms with Crippen LogP contribution in [-0.2, 0) is 4.79 Å². The van der Waals surface area contributed by atoms with E-state index in [4.69, 9.17) is 0 Å². The lowest BCUT2D eigenvalue weighted by molar-refractivity contribution is -0.123. The molecule has 0 saturated carbocycles. The van der Waals surface area contributed by atoms with Crippen LogP contribution in [-0.4, -0.2) is 48.6 Å². The molecule has 1 aromatic carbocycles. The number of fused-ring (bicyclic) bond motifs is 1. The molecular formula is C14H19N3O2. The highest BCUT2D eigenvalue weighted by atomic mass is 16.3. The summed E-state index contributed by atoms with van der Waals surface area (Å²) in [4.78, 5) is 16.1. The van der Waals surface area contributed by atoms with Crippen molar-refractivity contribution in [1.29, 1.82) is 0 Å². The molecule has 19 heavy (non-hydrogen) atoms. The number of nitrogens with zero attached hydrogens (tertiary/aromatic N) is 2. The second kappa shape index (κ2) is 4.51. The molecule has 5 heteroatoms. The van der Waals surface area contributed by atoms with Gasteiger partial charge in [-0.2, -0.15) is 0 Å². The van der Waals surface area contributed by atoms with E-state index in [1.165, 1.54) is 0 Å². The summed E-state index contributed by atoms with van der Waals surface area (Å²) in [5.41, 5.74) is 2.52. The molecule has 2 aliphatic rings. The number of hydrogen-bond donors (Lipinski definition) is 2. The van der Waals surface area contributed by atoms with Gasteiger partial charge in [-0.25, -0.2) is 0 Å². The molecule has 0 radical (unpaired) electrons. The van der Waals surface area contributed by atoms with Gasteiger partial charge in [-0.3, -0.25) is 4.79 Å². The van der Waals surface area contributed by atoms with Gasteiger partial charge in [-0.15, -0.1) is 0 Å². The molecule has 1 fully saturated rings.